The molecule has 3 N–H and O–H groups in total. The summed E-state index contributed by atoms with van der Waals surface area (Å²) in [6, 6.07) is 0. The summed E-state index contributed by atoms with van der Waals surface area (Å²) >= 11 is 0. The minimum Gasteiger partial charge on any atom is -0.462 e. The molecule has 7 heteroatoms. The Hall–Kier alpha value is -0.660. The Kier molecular flexibility index (Phi) is 3.97. The Morgan fingerprint density at radius 1 is 1.04 bits per heavy atom. The summed E-state index contributed by atoms with van der Waals surface area (Å²) in [6.07, 6.45) is 6.95. The lowest BCUT2D eigenvalue weighted by Gasteiger charge is -2.58. The average molecular weight is 357 g/mol. The first-order valence-corrected chi connectivity index (χ1v) is 10.7. The van der Waals surface area contributed by atoms with Gasteiger partial charge >= 0.3 is 5.97 Å². The van der Waals surface area contributed by atoms with Crippen LogP contribution in [0.2, 0.25) is 0 Å². The third kappa shape index (κ3) is 2.99. The largest absolute Gasteiger partial charge is 0.462 e. The van der Waals surface area contributed by atoms with Crippen LogP contribution in [0.5, 0.6) is 0 Å². The fourth-order valence-electron chi connectivity index (χ4n) is 6.06. The van der Waals surface area contributed by atoms with Gasteiger partial charge in [0.2, 0.25) is 0 Å². The van der Waals surface area contributed by atoms with Crippen LogP contribution in [0.25, 0.3) is 0 Å². The molecule has 5 saturated carbocycles. The van der Waals surface area contributed by atoms with Crippen LogP contribution < -0.4 is 5.73 Å². The highest BCUT2D eigenvalue weighted by Crippen LogP contribution is 2.55. The van der Waals surface area contributed by atoms with Crippen molar-refractivity contribution in [1.29, 1.82) is 0 Å². The maximum absolute atomic E-state index is 12.6. The molecule has 0 amide bonds. The molecule has 0 aromatic rings. The standard InChI is InChI=1S/C17H27NO5S/c18-17-7-10-5-12(8-17)15(13(6-10)9-17)23-16(19)11-1-3-14(4-2-11)24(20,21)22/h10-15H,1-9,18H2,(H,20,21,22). The lowest BCUT2D eigenvalue weighted by atomic mass is 9.52. The number of esters is 1. The van der Waals surface area contributed by atoms with Crippen LogP contribution in [-0.2, 0) is 19.6 Å². The van der Waals surface area contributed by atoms with Gasteiger partial charge in [-0.15, -0.1) is 0 Å². The molecular formula is C17H27NO5S. The van der Waals surface area contributed by atoms with E-state index in [2.05, 4.69) is 0 Å². The van der Waals surface area contributed by atoms with Gasteiger partial charge in [0, 0.05) is 5.54 Å². The molecule has 2 unspecified atom stereocenters. The molecule has 24 heavy (non-hydrogen) atoms. The van der Waals surface area contributed by atoms with Gasteiger partial charge < -0.3 is 10.5 Å². The third-order valence-electron chi connectivity index (χ3n) is 6.92. The fourth-order valence-corrected chi connectivity index (χ4v) is 6.93. The smallest absolute Gasteiger partial charge is 0.309 e. The Labute approximate surface area is 143 Å². The van der Waals surface area contributed by atoms with Crippen molar-refractivity contribution in [1.82, 2.24) is 0 Å². The molecule has 136 valence electrons. The van der Waals surface area contributed by atoms with Crippen molar-refractivity contribution in [3.05, 3.63) is 0 Å². The molecular weight excluding hydrogens is 330 g/mol. The van der Waals surface area contributed by atoms with Crippen LogP contribution in [0.1, 0.15) is 57.8 Å². The van der Waals surface area contributed by atoms with E-state index < -0.39 is 15.4 Å². The highest BCUT2D eigenvalue weighted by Gasteiger charge is 2.55. The molecule has 4 bridgehead atoms. The maximum Gasteiger partial charge on any atom is 0.309 e. The molecule has 6 nitrogen and oxygen atoms in total. The van der Waals surface area contributed by atoms with Gasteiger partial charge in [0.1, 0.15) is 6.10 Å². The predicted molar refractivity (Wildman–Crippen MR) is 87.6 cm³/mol. The quantitative estimate of drug-likeness (QED) is 0.590. The predicted octanol–water partition coefficient (Wildman–Crippen LogP) is 1.88. The number of carbonyl (C=O) groups is 1. The van der Waals surface area contributed by atoms with E-state index in [1.165, 1.54) is 0 Å². The average Bonchev–Trinajstić information content (AvgIpc) is 2.48. The fraction of sp³-hybridized carbons (Fsp3) is 0.941. The van der Waals surface area contributed by atoms with Crippen molar-refractivity contribution in [3.63, 3.8) is 0 Å². The normalized spacial score (nSPS) is 47.6. The molecule has 0 heterocycles. The van der Waals surface area contributed by atoms with Crippen LogP contribution in [0.15, 0.2) is 0 Å². The Morgan fingerprint density at radius 3 is 2.12 bits per heavy atom. The minimum absolute atomic E-state index is 0.00465. The van der Waals surface area contributed by atoms with Crippen molar-refractivity contribution in [3.8, 4) is 0 Å². The van der Waals surface area contributed by atoms with E-state index in [4.69, 9.17) is 15.0 Å². The highest BCUT2D eigenvalue weighted by molar-refractivity contribution is 7.86. The first-order chi connectivity index (χ1) is 11.2. The molecule has 5 fully saturated rings. The molecule has 0 radical (unpaired) electrons. The maximum atomic E-state index is 12.6. The van der Waals surface area contributed by atoms with Gasteiger partial charge in [-0.1, -0.05) is 0 Å². The number of nitrogens with two attached hydrogens (primary N) is 1. The van der Waals surface area contributed by atoms with Crippen molar-refractivity contribution < 1.29 is 22.5 Å². The molecule has 0 saturated heterocycles. The Bertz CT molecular complexity index is 609. The molecule has 0 aromatic heterocycles. The van der Waals surface area contributed by atoms with Gasteiger partial charge in [-0.2, -0.15) is 8.42 Å². The van der Waals surface area contributed by atoms with Crippen LogP contribution in [0, 0.1) is 23.7 Å². The molecule has 5 aliphatic carbocycles. The van der Waals surface area contributed by atoms with Gasteiger partial charge in [0.15, 0.2) is 0 Å². The second kappa shape index (κ2) is 5.68. The zero-order chi connectivity index (χ0) is 17.1. The van der Waals surface area contributed by atoms with Crippen molar-refractivity contribution in [2.24, 2.45) is 29.4 Å². The zero-order valence-corrected chi connectivity index (χ0v) is 14.7. The molecule has 0 spiro atoms. The summed E-state index contributed by atoms with van der Waals surface area (Å²) < 4.78 is 37.5. The molecule has 2 atom stereocenters. The number of rotatable bonds is 3. The van der Waals surface area contributed by atoms with Gasteiger partial charge in [-0.05, 0) is 75.5 Å². The van der Waals surface area contributed by atoms with E-state index in [0.29, 0.717) is 43.4 Å². The summed E-state index contributed by atoms with van der Waals surface area (Å²) in [5.74, 6) is 1.10. The molecule has 0 aromatic carbocycles. The van der Waals surface area contributed by atoms with Crippen molar-refractivity contribution >= 4 is 16.1 Å². The van der Waals surface area contributed by atoms with Crippen LogP contribution in [0.3, 0.4) is 0 Å². The SMILES string of the molecule is NC12CC3CC(C1)C(OC(=O)C1CCC(S(=O)(=O)O)CC1)C(C3)C2. The summed E-state index contributed by atoms with van der Waals surface area (Å²) in [6.45, 7) is 0. The number of carbonyl (C=O) groups excluding carboxylic acids is 1. The van der Waals surface area contributed by atoms with Crippen LogP contribution in [-0.4, -0.2) is 35.8 Å². The van der Waals surface area contributed by atoms with E-state index in [1.54, 1.807) is 0 Å². The van der Waals surface area contributed by atoms with Crippen molar-refractivity contribution in [2.75, 3.05) is 0 Å². The highest BCUT2D eigenvalue weighted by atomic mass is 32.2. The van der Waals surface area contributed by atoms with Crippen LogP contribution >= 0.6 is 0 Å². The van der Waals surface area contributed by atoms with E-state index in [-0.39, 0.29) is 23.5 Å². The van der Waals surface area contributed by atoms with Gasteiger partial charge in [0.25, 0.3) is 10.1 Å². The summed E-state index contributed by atoms with van der Waals surface area (Å²) in [7, 11) is -3.99. The Morgan fingerprint density at radius 2 is 1.62 bits per heavy atom. The molecule has 5 rings (SSSR count). The van der Waals surface area contributed by atoms with E-state index in [1.807, 2.05) is 0 Å². The molecule has 0 aliphatic heterocycles. The summed E-state index contributed by atoms with van der Waals surface area (Å²) in [5, 5.41) is -0.722. The van der Waals surface area contributed by atoms with Gasteiger partial charge in [-0.3, -0.25) is 9.35 Å². The number of hydrogen-bond donors (Lipinski definition) is 2. The lowest BCUT2D eigenvalue weighted by molar-refractivity contribution is -0.178. The van der Waals surface area contributed by atoms with E-state index >= 15 is 0 Å². The second-order valence-electron chi connectivity index (χ2n) is 8.72. The first-order valence-electron chi connectivity index (χ1n) is 9.19. The summed E-state index contributed by atoms with van der Waals surface area (Å²) in [4.78, 5) is 12.6. The third-order valence-corrected chi connectivity index (χ3v) is 8.23. The zero-order valence-electron chi connectivity index (χ0n) is 13.9. The van der Waals surface area contributed by atoms with Gasteiger partial charge in [-0.25, -0.2) is 0 Å². The lowest BCUT2D eigenvalue weighted by Crippen LogP contribution is -2.61. The summed E-state index contributed by atoms with van der Waals surface area (Å²) in [5.41, 5.74) is 6.46. The first kappa shape index (κ1) is 16.8. The Balaban J connectivity index is 1.36. The monoisotopic (exact) mass is 357 g/mol. The van der Waals surface area contributed by atoms with Crippen LogP contribution in [0.4, 0.5) is 0 Å². The number of ether oxygens (including phenoxy) is 1. The second-order valence-corrected chi connectivity index (χ2v) is 10.4. The van der Waals surface area contributed by atoms with E-state index in [9.17, 15) is 13.2 Å². The van der Waals surface area contributed by atoms with Crippen molar-refractivity contribution in [2.45, 2.75) is 74.7 Å². The van der Waals surface area contributed by atoms with Gasteiger partial charge in [0.05, 0.1) is 11.2 Å². The topological polar surface area (TPSA) is 107 Å². The molecule has 5 aliphatic rings. The van der Waals surface area contributed by atoms with E-state index in [0.717, 1.165) is 32.1 Å². The number of hydrogen-bond acceptors (Lipinski definition) is 5. The minimum atomic E-state index is -3.99.